The lowest BCUT2D eigenvalue weighted by atomic mass is 9.74. The van der Waals surface area contributed by atoms with Crippen LogP contribution in [0.1, 0.15) is 51.0 Å². The summed E-state index contributed by atoms with van der Waals surface area (Å²) in [5.41, 5.74) is 0.538. The highest BCUT2D eigenvalue weighted by Crippen LogP contribution is 2.40. The lowest BCUT2D eigenvalue weighted by molar-refractivity contribution is -0.162. The summed E-state index contributed by atoms with van der Waals surface area (Å²) in [4.78, 5) is 21.0. The number of carbonyl (C=O) groups is 1. The van der Waals surface area contributed by atoms with Crippen molar-refractivity contribution in [2.24, 2.45) is 16.5 Å². The van der Waals surface area contributed by atoms with E-state index in [2.05, 4.69) is 10.1 Å². The van der Waals surface area contributed by atoms with Gasteiger partial charge in [0.05, 0.1) is 17.7 Å². The van der Waals surface area contributed by atoms with E-state index in [0.29, 0.717) is 30.7 Å². The fourth-order valence-electron chi connectivity index (χ4n) is 4.58. The van der Waals surface area contributed by atoms with Gasteiger partial charge in [0.15, 0.2) is 0 Å². The number of oxime groups is 1. The van der Waals surface area contributed by atoms with Gasteiger partial charge in [-0.1, -0.05) is 23.4 Å². The molecule has 152 valence electrons. The number of piperidine rings is 1. The maximum absolute atomic E-state index is 14.1. The van der Waals surface area contributed by atoms with Gasteiger partial charge in [0, 0.05) is 31.5 Å². The van der Waals surface area contributed by atoms with Crippen LogP contribution in [0.3, 0.4) is 0 Å². The SMILES string of the molecule is CCOC(=O)[C@]1(C[C@@H]2CC(c3ccccc3F)=NO2)CCCN(CC2CC2)C1. The Morgan fingerprint density at radius 1 is 1.39 bits per heavy atom. The number of benzene rings is 1. The predicted molar refractivity (Wildman–Crippen MR) is 105 cm³/mol. The Balaban J connectivity index is 1.46. The number of halogens is 1. The second-order valence-electron chi connectivity index (χ2n) is 8.44. The van der Waals surface area contributed by atoms with Gasteiger partial charge in [0.1, 0.15) is 11.9 Å². The second kappa shape index (κ2) is 8.19. The maximum atomic E-state index is 14.1. The topological polar surface area (TPSA) is 51.1 Å². The van der Waals surface area contributed by atoms with Crippen molar-refractivity contribution in [2.75, 3.05) is 26.2 Å². The molecule has 1 aliphatic carbocycles. The van der Waals surface area contributed by atoms with E-state index in [0.717, 1.165) is 38.4 Å². The number of hydrogen-bond donors (Lipinski definition) is 0. The van der Waals surface area contributed by atoms with Gasteiger partial charge >= 0.3 is 5.97 Å². The highest BCUT2D eigenvalue weighted by Gasteiger charge is 2.47. The predicted octanol–water partition coefficient (Wildman–Crippen LogP) is 3.76. The Labute approximate surface area is 165 Å². The molecule has 2 heterocycles. The van der Waals surface area contributed by atoms with Gasteiger partial charge in [-0.15, -0.1) is 0 Å². The van der Waals surface area contributed by atoms with Crippen molar-refractivity contribution in [3.63, 3.8) is 0 Å². The molecule has 2 fully saturated rings. The molecule has 0 bridgehead atoms. The van der Waals surface area contributed by atoms with Crippen molar-refractivity contribution in [1.29, 1.82) is 0 Å². The minimum Gasteiger partial charge on any atom is -0.466 e. The summed E-state index contributed by atoms with van der Waals surface area (Å²) in [5, 5.41) is 4.14. The van der Waals surface area contributed by atoms with Crippen LogP contribution >= 0.6 is 0 Å². The van der Waals surface area contributed by atoms with Crippen LogP contribution in [0.2, 0.25) is 0 Å². The first-order valence-electron chi connectivity index (χ1n) is 10.5. The minimum atomic E-state index is -0.561. The number of ether oxygens (including phenoxy) is 1. The van der Waals surface area contributed by atoms with Crippen LogP contribution in [-0.2, 0) is 14.4 Å². The highest BCUT2D eigenvalue weighted by atomic mass is 19.1. The number of rotatable bonds is 7. The summed E-state index contributed by atoms with van der Waals surface area (Å²) < 4.78 is 19.6. The first-order chi connectivity index (χ1) is 13.6. The standard InChI is InChI=1S/C22H29FN2O3/c1-2-27-21(26)22(10-5-11-25(15-22)14-16-8-9-16)13-17-12-20(24-28-17)18-6-3-4-7-19(18)23/h3-4,6-7,16-17H,2,5,8-15H2,1H3/t17-,22-/m0/s1. The summed E-state index contributed by atoms with van der Waals surface area (Å²) in [6, 6.07) is 6.62. The molecule has 0 aromatic heterocycles. The first kappa shape index (κ1) is 19.4. The van der Waals surface area contributed by atoms with Gasteiger partial charge in [-0.2, -0.15) is 0 Å². The molecule has 28 heavy (non-hydrogen) atoms. The molecule has 0 spiro atoms. The van der Waals surface area contributed by atoms with Crippen molar-refractivity contribution in [3.05, 3.63) is 35.6 Å². The molecular formula is C22H29FN2O3. The molecule has 0 amide bonds. The number of nitrogens with zero attached hydrogens (tertiary/aromatic N) is 2. The Bertz CT molecular complexity index is 749. The molecule has 5 nitrogen and oxygen atoms in total. The monoisotopic (exact) mass is 388 g/mol. The summed E-state index contributed by atoms with van der Waals surface area (Å²) in [7, 11) is 0. The molecule has 1 aromatic carbocycles. The average molecular weight is 388 g/mol. The molecule has 4 rings (SSSR count). The minimum absolute atomic E-state index is 0.126. The first-order valence-corrected chi connectivity index (χ1v) is 10.5. The van der Waals surface area contributed by atoms with Crippen molar-refractivity contribution >= 4 is 11.7 Å². The molecular weight excluding hydrogens is 359 g/mol. The molecule has 2 atom stereocenters. The molecule has 2 aliphatic heterocycles. The van der Waals surface area contributed by atoms with Gasteiger partial charge in [0.2, 0.25) is 0 Å². The zero-order valence-corrected chi connectivity index (χ0v) is 16.5. The van der Waals surface area contributed by atoms with Gasteiger partial charge in [-0.05, 0) is 51.1 Å². The van der Waals surface area contributed by atoms with Gasteiger partial charge in [-0.3, -0.25) is 4.79 Å². The van der Waals surface area contributed by atoms with Crippen molar-refractivity contribution in [1.82, 2.24) is 4.90 Å². The van der Waals surface area contributed by atoms with Gasteiger partial charge in [-0.25, -0.2) is 4.39 Å². The molecule has 0 unspecified atom stereocenters. The van der Waals surface area contributed by atoms with Crippen LogP contribution in [0, 0.1) is 17.2 Å². The van der Waals surface area contributed by atoms with Crippen molar-refractivity contribution in [3.8, 4) is 0 Å². The lowest BCUT2D eigenvalue weighted by Gasteiger charge is -2.41. The van der Waals surface area contributed by atoms with Crippen LogP contribution in [0.5, 0.6) is 0 Å². The van der Waals surface area contributed by atoms with E-state index in [1.807, 2.05) is 6.92 Å². The van der Waals surface area contributed by atoms with Gasteiger partial charge in [0.25, 0.3) is 0 Å². The molecule has 0 radical (unpaired) electrons. The van der Waals surface area contributed by atoms with Crippen LogP contribution in [-0.4, -0.2) is 48.9 Å². The Morgan fingerprint density at radius 3 is 2.96 bits per heavy atom. The third kappa shape index (κ3) is 4.22. The van der Waals surface area contributed by atoms with Crippen molar-refractivity contribution in [2.45, 2.75) is 51.6 Å². The number of hydrogen-bond acceptors (Lipinski definition) is 5. The van der Waals surface area contributed by atoms with Crippen LogP contribution < -0.4 is 0 Å². The molecule has 1 aromatic rings. The fourth-order valence-corrected chi connectivity index (χ4v) is 4.58. The second-order valence-corrected chi connectivity index (χ2v) is 8.44. The Hall–Kier alpha value is -1.95. The molecule has 1 saturated heterocycles. The largest absolute Gasteiger partial charge is 0.466 e. The summed E-state index contributed by atoms with van der Waals surface area (Å²) >= 11 is 0. The summed E-state index contributed by atoms with van der Waals surface area (Å²) in [5.74, 6) is 0.369. The van der Waals surface area contributed by atoms with Crippen LogP contribution in [0.4, 0.5) is 4.39 Å². The van der Waals surface area contributed by atoms with E-state index in [1.165, 1.54) is 18.9 Å². The summed E-state index contributed by atoms with van der Waals surface area (Å²) in [6.07, 6.45) is 5.25. The van der Waals surface area contributed by atoms with E-state index in [4.69, 9.17) is 9.57 Å². The number of carbonyl (C=O) groups excluding carboxylic acids is 1. The zero-order valence-electron chi connectivity index (χ0n) is 16.5. The Kier molecular flexibility index (Phi) is 5.67. The van der Waals surface area contributed by atoms with E-state index in [1.54, 1.807) is 18.2 Å². The highest BCUT2D eigenvalue weighted by molar-refractivity contribution is 6.01. The average Bonchev–Trinajstić information content (AvgIpc) is 3.38. The quantitative estimate of drug-likeness (QED) is 0.668. The van der Waals surface area contributed by atoms with Crippen LogP contribution in [0.25, 0.3) is 0 Å². The van der Waals surface area contributed by atoms with E-state index in [9.17, 15) is 9.18 Å². The maximum Gasteiger partial charge on any atom is 0.313 e. The zero-order chi connectivity index (χ0) is 19.6. The smallest absolute Gasteiger partial charge is 0.313 e. The normalized spacial score (nSPS) is 27.9. The third-order valence-corrected chi connectivity index (χ3v) is 6.11. The number of likely N-dealkylation sites (tertiary alicyclic amines) is 1. The van der Waals surface area contributed by atoms with Crippen LogP contribution in [0.15, 0.2) is 29.4 Å². The van der Waals surface area contributed by atoms with E-state index >= 15 is 0 Å². The van der Waals surface area contributed by atoms with Gasteiger partial charge < -0.3 is 14.5 Å². The van der Waals surface area contributed by atoms with E-state index < -0.39 is 5.41 Å². The lowest BCUT2D eigenvalue weighted by Crippen LogP contribution is -2.50. The summed E-state index contributed by atoms with van der Waals surface area (Å²) in [6.45, 7) is 5.06. The molecule has 3 aliphatic rings. The molecule has 6 heteroatoms. The number of esters is 1. The molecule has 0 N–H and O–H groups in total. The third-order valence-electron chi connectivity index (χ3n) is 6.11. The molecule has 1 saturated carbocycles. The fraction of sp³-hybridized carbons (Fsp3) is 0.636. The van der Waals surface area contributed by atoms with Crippen molar-refractivity contribution < 1.29 is 18.8 Å². The van der Waals surface area contributed by atoms with E-state index in [-0.39, 0.29) is 17.9 Å². The Morgan fingerprint density at radius 2 is 2.21 bits per heavy atom.